The zero-order valence-electron chi connectivity index (χ0n) is 5.41. The molecule has 0 aliphatic carbocycles. The Labute approximate surface area is 54.0 Å². The molecule has 0 aliphatic rings. The summed E-state index contributed by atoms with van der Waals surface area (Å²) in [5.74, 6) is 0.948. The average Bonchev–Trinajstić information content (AvgIpc) is 2.18. The molecule has 3 nitrogen and oxygen atoms in total. The van der Waals surface area contributed by atoms with E-state index >= 15 is 0 Å². The molecule has 3 heteroatoms. The van der Waals surface area contributed by atoms with Gasteiger partial charge in [-0.05, 0) is 6.92 Å². The van der Waals surface area contributed by atoms with E-state index in [2.05, 4.69) is 4.98 Å². The summed E-state index contributed by atoms with van der Waals surface area (Å²) in [6, 6.07) is 0. The van der Waals surface area contributed by atoms with Crippen molar-refractivity contribution >= 4 is 0 Å². The van der Waals surface area contributed by atoms with E-state index in [0.29, 0.717) is 6.54 Å². The maximum absolute atomic E-state index is 8.51. The molecule has 1 N–H and O–H groups in total. The largest absolute Gasteiger partial charge is 0.395 e. The van der Waals surface area contributed by atoms with E-state index < -0.39 is 0 Å². The molecule has 0 aromatic carbocycles. The molecule has 1 aromatic heterocycles. The van der Waals surface area contributed by atoms with Crippen LogP contribution in [0, 0.1) is 6.92 Å². The fourth-order valence-corrected chi connectivity index (χ4v) is 0.748. The fourth-order valence-electron chi connectivity index (χ4n) is 0.748. The molecule has 0 atom stereocenters. The molecule has 0 bridgehead atoms. The predicted molar refractivity (Wildman–Crippen MR) is 34.0 cm³/mol. The first-order valence-electron chi connectivity index (χ1n) is 2.93. The highest BCUT2D eigenvalue weighted by Gasteiger charge is 1.92. The summed E-state index contributed by atoms with van der Waals surface area (Å²) < 4.78 is 1.90. The minimum absolute atomic E-state index is 0.178. The Balaban J connectivity index is 2.69. The van der Waals surface area contributed by atoms with Crippen molar-refractivity contribution in [2.75, 3.05) is 6.61 Å². The summed E-state index contributed by atoms with van der Waals surface area (Å²) in [5.41, 5.74) is 0. The van der Waals surface area contributed by atoms with Crippen LogP contribution in [0.25, 0.3) is 0 Å². The monoisotopic (exact) mass is 126 g/mol. The summed E-state index contributed by atoms with van der Waals surface area (Å²) in [6.45, 7) is 2.73. The number of aliphatic hydroxyl groups is 1. The van der Waals surface area contributed by atoms with Crippen LogP contribution in [0.1, 0.15) is 5.82 Å². The quantitative estimate of drug-likeness (QED) is 0.614. The van der Waals surface area contributed by atoms with E-state index in [1.165, 1.54) is 0 Å². The molecule has 0 aliphatic heterocycles. The molecule has 1 rings (SSSR count). The Morgan fingerprint density at radius 2 is 2.56 bits per heavy atom. The molecule has 9 heavy (non-hydrogen) atoms. The lowest BCUT2D eigenvalue weighted by atomic mass is 10.6. The van der Waals surface area contributed by atoms with Gasteiger partial charge in [0.05, 0.1) is 6.61 Å². The van der Waals surface area contributed by atoms with Gasteiger partial charge in [0.15, 0.2) is 0 Å². The molecule has 0 fully saturated rings. The zero-order chi connectivity index (χ0) is 6.69. The number of hydrogen-bond donors (Lipinski definition) is 1. The van der Waals surface area contributed by atoms with Crippen LogP contribution in [0.3, 0.4) is 0 Å². The van der Waals surface area contributed by atoms with Crippen molar-refractivity contribution in [2.45, 2.75) is 13.5 Å². The van der Waals surface area contributed by atoms with Gasteiger partial charge in [0, 0.05) is 18.9 Å². The van der Waals surface area contributed by atoms with Gasteiger partial charge in [0.1, 0.15) is 5.82 Å². The topological polar surface area (TPSA) is 38.0 Å². The normalized spacial score (nSPS) is 10.0. The number of aliphatic hydroxyl groups excluding tert-OH is 1. The van der Waals surface area contributed by atoms with Crippen molar-refractivity contribution in [1.82, 2.24) is 9.55 Å². The van der Waals surface area contributed by atoms with Crippen LogP contribution in [-0.4, -0.2) is 21.3 Å². The van der Waals surface area contributed by atoms with Gasteiger partial charge in [0.25, 0.3) is 0 Å². The highest BCUT2D eigenvalue weighted by atomic mass is 16.3. The highest BCUT2D eigenvalue weighted by molar-refractivity contribution is 4.87. The van der Waals surface area contributed by atoms with Crippen molar-refractivity contribution < 1.29 is 5.11 Å². The Kier molecular flexibility index (Phi) is 1.85. The number of nitrogens with zero attached hydrogens (tertiary/aromatic N) is 2. The molecular formula is C6H10N2O. The molecule has 0 saturated carbocycles. The molecule has 50 valence electrons. The first-order chi connectivity index (χ1) is 4.34. The lowest BCUT2D eigenvalue weighted by molar-refractivity contribution is 0.275. The standard InChI is InChI=1S/C6H10N2O/c1-6-7-2-3-8(6)4-5-9/h2-3,9H,4-5H2,1H3. The van der Waals surface area contributed by atoms with Crippen molar-refractivity contribution in [3.05, 3.63) is 18.2 Å². The lowest BCUT2D eigenvalue weighted by Crippen LogP contribution is -2.02. The van der Waals surface area contributed by atoms with E-state index in [1.54, 1.807) is 6.20 Å². The zero-order valence-corrected chi connectivity index (χ0v) is 5.41. The maximum Gasteiger partial charge on any atom is 0.105 e. The number of aromatic nitrogens is 2. The van der Waals surface area contributed by atoms with Crippen molar-refractivity contribution in [2.24, 2.45) is 0 Å². The van der Waals surface area contributed by atoms with Gasteiger partial charge in [-0.3, -0.25) is 0 Å². The summed E-state index contributed by atoms with van der Waals surface area (Å²) in [5, 5.41) is 8.51. The van der Waals surface area contributed by atoms with E-state index in [1.807, 2.05) is 17.7 Å². The minimum Gasteiger partial charge on any atom is -0.395 e. The molecular weight excluding hydrogens is 116 g/mol. The van der Waals surface area contributed by atoms with Crippen LogP contribution in [0.15, 0.2) is 12.4 Å². The lowest BCUT2D eigenvalue weighted by Gasteiger charge is -1.98. The van der Waals surface area contributed by atoms with Gasteiger partial charge >= 0.3 is 0 Å². The summed E-state index contributed by atoms with van der Waals surface area (Å²) in [4.78, 5) is 3.99. The second-order valence-corrected chi connectivity index (χ2v) is 1.89. The number of aryl methyl sites for hydroxylation is 1. The first-order valence-corrected chi connectivity index (χ1v) is 2.93. The molecule has 0 saturated heterocycles. The fraction of sp³-hybridized carbons (Fsp3) is 0.500. The molecule has 0 amide bonds. The van der Waals surface area contributed by atoms with Gasteiger partial charge in [-0.25, -0.2) is 4.98 Å². The third-order valence-corrected chi connectivity index (χ3v) is 1.26. The Morgan fingerprint density at radius 3 is 3.00 bits per heavy atom. The second-order valence-electron chi connectivity index (χ2n) is 1.89. The number of hydrogen-bond acceptors (Lipinski definition) is 2. The first kappa shape index (κ1) is 6.29. The summed E-state index contributed by atoms with van der Waals surface area (Å²) in [6.07, 6.45) is 3.58. The molecule has 0 radical (unpaired) electrons. The number of imidazole rings is 1. The molecule has 1 aromatic rings. The highest BCUT2D eigenvalue weighted by Crippen LogP contribution is 1.92. The molecule has 0 spiro atoms. The van der Waals surface area contributed by atoms with Gasteiger partial charge in [0.2, 0.25) is 0 Å². The van der Waals surface area contributed by atoms with Crippen molar-refractivity contribution in [3.63, 3.8) is 0 Å². The SMILES string of the molecule is Cc1nccn1CCO. The van der Waals surface area contributed by atoms with Crippen molar-refractivity contribution in [1.29, 1.82) is 0 Å². The van der Waals surface area contributed by atoms with Gasteiger partial charge < -0.3 is 9.67 Å². The maximum atomic E-state index is 8.51. The average molecular weight is 126 g/mol. The van der Waals surface area contributed by atoms with Crippen LogP contribution in [-0.2, 0) is 6.54 Å². The Bertz CT molecular complexity index is 183. The van der Waals surface area contributed by atoms with Gasteiger partial charge in [-0.2, -0.15) is 0 Å². The van der Waals surface area contributed by atoms with Crippen molar-refractivity contribution in [3.8, 4) is 0 Å². The van der Waals surface area contributed by atoms with Gasteiger partial charge in [-0.15, -0.1) is 0 Å². The van der Waals surface area contributed by atoms with Gasteiger partial charge in [-0.1, -0.05) is 0 Å². The predicted octanol–water partition coefficient (Wildman–Crippen LogP) is 0.184. The van der Waals surface area contributed by atoms with E-state index in [-0.39, 0.29) is 6.61 Å². The van der Waals surface area contributed by atoms with Crippen LogP contribution in [0.2, 0.25) is 0 Å². The second kappa shape index (κ2) is 2.64. The van der Waals surface area contributed by atoms with Crippen LogP contribution in [0.5, 0.6) is 0 Å². The summed E-state index contributed by atoms with van der Waals surface area (Å²) >= 11 is 0. The van der Waals surface area contributed by atoms with Crippen LogP contribution < -0.4 is 0 Å². The van der Waals surface area contributed by atoms with Crippen LogP contribution >= 0.6 is 0 Å². The molecule has 1 heterocycles. The van der Waals surface area contributed by atoms with E-state index in [4.69, 9.17) is 5.11 Å². The van der Waals surface area contributed by atoms with E-state index in [0.717, 1.165) is 5.82 Å². The number of rotatable bonds is 2. The van der Waals surface area contributed by atoms with Crippen LogP contribution in [0.4, 0.5) is 0 Å². The molecule has 0 unspecified atom stereocenters. The summed E-state index contributed by atoms with van der Waals surface area (Å²) in [7, 11) is 0. The third kappa shape index (κ3) is 1.29. The smallest absolute Gasteiger partial charge is 0.105 e. The third-order valence-electron chi connectivity index (χ3n) is 1.26. The minimum atomic E-state index is 0.178. The Hall–Kier alpha value is -0.830. The van der Waals surface area contributed by atoms with E-state index in [9.17, 15) is 0 Å². The Morgan fingerprint density at radius 1 is 1.78 bits per heavy atom.